The van der Waals surface area contributed by atoms with E-state index in [-0.39, 0.29) is 28.9 Å². The lowest BCUT2D eigenvalue weighted by atomic mass is 9.59. The summed E-state index contributed by atoms with van der Waals surface area (Å²) in [5.41, 5.74) is 1.52. The van der Waals surface area contributed by atoms with Gasteiger partial charge >= 0.3 is 0 Å². The minimum atomic E-state index is 0.0910. The second-order valence-electron chi connectivity index (χ2n) is 10.9. The highest BCUT2D eigenvalue weighted by molar-refractivity contribution is 5.73. The summed E-state index contributed by atoms with van der Waals surface area (Å²) < 4.78 is 12.5. The molecule has 2 aliphatic carbocycles. The van der Waals surface area contributed by atoms with E-state index in [0.29, 0.717) is 11.8 Å². The van der Waals surface area contributed by atoms with Crippen molar-refractivity contribution < 1.29 is 14.3 Å². The Morgan fingerprint density at radius 1 is 1.29 bits per heavy atom. The van der Waals surface area contributed by atoms with Gasteiger partial charge in [-0.15, -0.1) is 0 Å². The molecule has 2 saturated heterocycles. The van der Waals surface area contributed by atoms with Crippen molar-refractivity contribution in [2.75, 3.05) is 32.8 Å². The molecule has 2 saturated carbocycles. The van der Waals surface area contributed by atoms with E-state index in [0.717, 1.165) is 31.9 Å². The second kappa shape index (κ2) is 8.08. The van der Waals surface area contributed by atoms with Crippen LogP contribution in [0.2, 0.25) is 0 Å². The fraction of sp³-hybridized carbons (Fsp3) is 0.731. The average molecular weight is 427 g/mol. The Hall–Kier alpha value is -1.59. The summed E-state index contributed by atoms with van der Waals surface area (Å²) in [6.07, 6.45) is 6.16. The average Bonchev–Trinajstić information content (AvgIpc) is 3.43. The Balaban J connectivity index is 1.33. The molecule has 1 aromatic carbocycles. The van der Waals surface area contributed by atoms with Crippen molar-refractivity contribution in [2.24, 2.45) is 22.7 Å². The van der Waals surface area contributed by atoms with Gasteiger partial charge in [0.2, 0.25) is 5.91 Å². The van der Waals surface area contributed by atoms with E-state index < -0.39 is 0 Å². The van der Waals surface area contributed by atoms with E-state index in [1.165, 1.54) is 44.3 Å². The molecule has 1 amide bonds. The maximum Gasteiger partial charge on any atom is 0.217 e. The summed E-state index contributed by atoms with van der Waals surface area (Å²) in [4.78, 5) is 14.5. The van der Waals surface area contributed by atoms with Gasteiger partial charge < -0.3 is 14.8 Å². The summed E-state index contributed by atoms with van der Waals surface area (Å²) >= 11 is 0. The molecule has 4 aliphatic rings. The molecule has 5 atom stereocenters. The van der Waals surface area contributed by atoms with Gasteiger partial charge in [0, 0.05) is 26.1 Å². The first-order chi connectivity index (χ1) is 14.9. The van der Waals surface area contributed by atoms with Crippen molar-refractivity contribution in [3.05, 3.63) is 29.8 Å². The number of nitrogens with zero attached hydrogens (tertiary/aromatic N) is 1. The molecule has 2 aliphatic heterocycles. The van der Waals surface area contributed by atoms with Gasteiger partial charge in [0.25, 0.3) is 0 Å². The number of rotatable bonds is 6. The number of hydrogen-bond donors (Lipinski definition) is 1. The monoisotopic (exact) mass is 426 g/mol. The van der Waals surface area contributed by atoms with Gasteiger partial charge in [-0.05, 0) is 85.6 Å². The van der Waals surface area contributed by atoms with Crippen molar-refractivity contribution in [3.63, 3.8) is 0 Å². The maximum atomic E-state index is 12.1. The first-order valence-electron chi connectivity index (χ1n) is 12.2. The SMILES string of the molecule is CC(=O)N[C@H]1C(C)(C)[C@@H]2C[C@@H]3[C@@H](c4cccc(OCCN5CCCC5)c4)OCC[C@@]31C2. The van der Waals surface area contributed by atoms with E-state index in [1.54, 1.807) is 6.92 Å². The molecular formula is C26H38N2O3. The minimum absolute atomic E-state index is 0.0910. The first kappa shape index (κ1) is 21.3. The largest absolute Gasteiger partial charge is 0.492 e. The molecule has 4 fully saturated rings. The summed E-state index contributed by atoms with van der Waals surface area (Å²) in [7, 11) is 0. The van der Waals surface area contributed by atoms with Crippen LogP contribution in [-0.2, 0) is 9.53 Å². The summed E-state index contributed by atoms with van der Waals surface area (Å²) in [5.74, 6) is 2.13. The lowest BCUT2D eigenvalue weighted by Crippen LogP contribution is -2.58. The van der Waals surface area contributed by atoms with Crippen molar-refractivity contribution in [3.8, 4) is 5.75 Å². The van der Waals surface area contributed by atoms with Gasteiger partial charge in [-0.1, -0.05) is 26.0 Å². The number of ether oxygens (including phenoxy) is 2. The quantitative estimate of drug-likeness (QED) is 0.741. The van der Waals surface area contributed by atoms with Crippen LogP contribution in [-0.4, -0.2) is 49.7 Å². The number of fused-ring (bicyclic) bond motifs is 1. The Morgan fingerprint density at radius 2 is 2.10 bits per heavy atom. The van der Waals surface area contributed by atoms with Crippen LogP contribution in [0.3, 0.4) is 0 Å². The second-order valence-corrected chi connectivity index (χ2v) is 10.9. The zero-order valence-corrected chi connectivity index (χ0v) is 19.4. The molecular weight excluding hydrogens is 388 g/mol. The summed E-state index contributed by atoms with van der Waals surface area (Å²) in [6.45, 7) is 11.3. The van der Waals surface area contributed by atoms with Gasteiger partial charge in [-0.2, -0.15) is 0 Å². The number of carbonyl (C=O) groups excluding carboxylic acids is 1. The van der Waals surface area contributed by atoms with Crippen LogP contribution >= 0.6 is 0 Å². The van der Waals surface area contributed by atoms with Crippen molar-refractivity contribution >= 4 is 5.91 Å². The number of hydrogen-bond acceptors (Lipinski definition) is 4. The molecule has 0 aromatic heterocycles. The third-order valence-corrected chi connectivity index (χ3v) is 8.91. The smallest absolute Gasteiger partial charge is 0.217 e. The molecule has 0 unspecified atom stereocenters. The van der Waals surface area contributed by atoms with E-state index in [9.17, 15) is 4.79 Å². The zero-order chi connectivity index (χ0) is 21.6. The van der Waals surface area contributed by atoms with Gasteiger partial charge in [0.05, 0.1) is 6.10 Å². The van der Waals surface area contributed by atoms with Crippen molar-refractivity contribution in [2.45, 2.75) is 65.0 Å². The first-order valence-corrected chi connectivity index (χ1v) is 12.2. The Morgan fingerprint density at radius 3 is 2.87 bits per heavy atom. The maximum absolute atomic E-state index is 12.1. The third kappa shape index (κ3) is 3.68. The highest BCUT2D eigenvalue weighted by atomic mass is 16.5. The normalized spacial score (nSPS) is 36.4. The molecule has 31 heavy (non-hydrogen) atoms. The highest BCUT2D eigenvalue weighted by Crippen LogP contribution is 2.70. The lowest BCUT2D eigenvalue weighted by molar-refractivity contribution is -0.136. The van der Waals surface area contributed by atoms with Gasteiger partial charge in [-0.25, -0.2) is 0 Å². The van der Waals surface area contributed by atoms with Crippen molar-refractivity contribution in [1.82, 2.24) is 10.2 Å². The summed E-state index contributed by atoms with van der Waals surface area (Å²) in [5, 5.41) is 3.37. The fourth-order valence-corrected chi connectivity index (χ4v) is 7.40. The topological polar surface area (TPSA) is 50.8 Å². The van der Waals surface area contributed by atoms with Crippen LogP contribution in [0, 0.1) is 22.7 Å². The van der Waals surface area contributed by atoms with Gasteiger partial charge in [0.15, 0.2) is 0 Å². The number of likely N-dealkylation sites (tertiary alicyclic amines) is 1. The molecule has 5 heteroatoms. The molecule has 170 valence electrons. The highest BCUT2D eigenvalue weighted by Gasteiger charge is 2.68. The van der Waals surface area contributed by atoms with E-state index in [4.69, 9.17) is 9.47 Å². The molecule has 1 N–H and O–H groups in total. The van der Waals surface area contributed by atoms with Gasteiger partial charge in [-0.3, -0.25) is 9.69 Å². The van der Waals surface area contributed by atoms with E-state index in [2.05, 4.69) is 48.3 Å². The molecule has 2 bridgehead atoms. The molecule has 1 aromatic rings. The standard InChI is InChI=1S/C26H38N2O3/c1-18(29)27-24-25(2,3)20-16-22-23(31-13-9-26(22,24)17-20)19-7-6-8-21(15-19)30-14-12-28-10-4-5-11-28/h6-8,15,20,22-24H,4-5,9-14,16-17H2,1-3H3,(H,27,29)/t20-,22-,23-,24+,26-/m1/s1. The molecule has 0 radical (unpaired) electrons. The Kier molecular flexibility index (Phi) is 5.54. The van der Waals surface area contributed by atoms with Crippen LogP contribution in [0.5, 0.6) is 5.75 Å². The predicted molar refractivity (Wildman–Crippen MR) is 121 cm³/mol. The number of benzene rings is 1. The predicted octanol–water partition coefficient (Wildman–Crippen LogP) is 4.18. The van der Waals surface area contributed by atoms with Gasteiger partial charge in [0.1, 0.15) is 12.4 Å². The third-order valence-electron chi connectivity index (χ3n) is 8.91. The Labute approximate surface area is 186 Å². The fourth-order valence-electron chi connectivity index (χ4n) is 7.40. The Bertz CT molecular complexity index is 819. The lowest BCUT2D eigenvalue weighted by Gasteiger charge is -2.53. The number of nitrogens with one attached hydrogen (secondary N) is 1. The van der Waals surface area contributed by atoms with Crippen molar-refractivity contribution in [1.29, 1.82) is 0 Å². The molecule has 2 heterocycles. The van der Waals surface area contributed by atoms with E-state index in [1.807, 2.05) is 0 Å². The molecule has 1 spiro atoms. The molecule has 5 rings (SSSR count). The van der Waals surface area contributed by atoms with Crippen LogP contribution < -0.4 is 10.1 Å². The summed E-state index contributed by atoms with van der Waals surface area (Å²) in [6, 6.07) is 8.79. The zero-order valence-electron chi connectivity index (χ0n) is 19.4. The van der Waals surface area contributed by atoms with Crippen LogP contribution in [0.15, 0.2) is 24.3 Å². The van der Waals surface area contributed by atoms with Crippen LogP contribution in [0.4, 0.5) is 0 Å². The van der Waals surface area contributed by atoms with Crippen LogP contribution in [0.1, 0.15) is 64.5 Å². The molecule has 5 nitrogen and oxygen atoms in total. The number of amides is 1. The minimum Gasteiger partial charge on any atom is -0.492 e. The number of carbonyl (C=O) groups is 1. The van der Waals surface area contributed by atoms with E-state index >= 15 is 0 Å². The van der Waals surface area contributed by atoms with Crippen LogP contribution in [0.25, 0.3) is 0 Å².